The Balaban J connectivity index is 2.40. The Hall–Kier alpha value is -1.21. The highest BCUT2D eigenvalue weighted by Gasteiger charge is 2.19. The molecule has 0 fully saturated rings. The van der Waals surface area contributed by atoms with Gasteiger partial charge in [0.25, 0.3) is 0 Å². The van der Waals surface area contributed by atoms with E-state index in [0.717, 1.165) is 33.6 Å². The zero-order valence-corrected chi connectivity index (χ0v) is 14.7. The Morgan fingerprint density at radius 1 is 1.24 bits per heavy atom. The number of methoxy groups -OCH3 is 1. The first-order chi connectivity index (χ1) is 10.2. The van der Waals surface area contributed by atoms with Gasteiger partial charge in [0, 0.05) is 13.7 Å². The lowest BCUT2D eigenvalue weighted by molar-refractivity contribution is 0.129. The molecular formula is C16H20IN3O. The lowest BCUT2D eigenvalue weighted by atomic mass is 10.1. The first kappa shape index (κ1) is 16.2. The van der Waals surface area contributed by atoms with Gasteiger partial charge in [0.2, 0.25) is 0 Å². The minimum absolute atomic E-state index is 0.246. The number of nitrogens with one attached hydrogen (secondary N) is 1. The van der Waals surface area contributed by atoms with Gasteiger partial charge < -0.3 is 10.1 Å². The number of anilines is 1. The van der Waals surface area contributed by atoms with Gasteiger partial charge >= 0.3 is 0 Å². The fourth-order valence-electron chi connectivity index (χ4n) is 2.08. The van der Waals surface area contributed by atoms with Crippen LogP contribution in [0.1, 0.15) is 36.5 Å². The number of hydrogen-bond acceptors (Lipinski definition) is 4. The molecule has 1 N–H and O–H groups in total. The van der Waals surface area contributed by atoms with Crippen LogP contribution in [0.5, 0.6) is 0 Å². The lowest BCUT2D eigenvalue weighted by Crippen LogP contribution is -2.14. The standard InChI is InChI=1S/C16H20IN3O/c1-4-10-18-15-13(17)11(2)19-16(20-15)14(21-3)12-8-6-5-7-9-12/h5-9,14H,4,10H2,1-3H3,(H,18,19,20). The second kappa shape index (κ2) is 7.70. The van der Waals surface area contributed by atoms with Crippen LogP contribution < -0.4 is 5.32 Å². The van der Waals surface area contributed by atoms with Crippen LogP contribution in [0, 0.1) is 10.5 Å². The second-order valence-electron chi connectivity index (χ2n) is 4.78. The van der Waals surface area contributed by atoms with Gasteiger partial charge in [0.15, 0.2) is 5.82 Å². The largest absolute Gasteiger partial charge is 0.369 e. The van der Waals surface area contributed by atoms with Crippen LogP contribution in [0.15, 0.2) is 30.3 Å². The maximum Gasteiger partial charge on any atom is 0.164 e. The summed E-state index contributed by atoms with van der Waals surface area (Å²) in [6.45, 7) is 5.04. The molecule has 2 rings (SSSR count). The molecule has 112 valence electrons. The van der Waals surface area contributed by atoms with Crippen LogP contribution in [-0.4, -0.2) is 23.6 Å². The Morgan fingerprint density at radius 3 is 2.57 bits per heavy atom. The number of benzene rings is 1. The van der Waals surface area contributed by atoms with Gasteiger partial charge in [-0.3, -0.25) is 0 Å². The molecule has 0 bridgehead atoms. The van der Waals surface area contributed by atoms with Crippen LogP contribution in [0.4, 0.5) is 5.82 Å². The molecule has 0 saturated carbocycles. The summed E-state index contributed by atoms with van der Waals surface area (Å²) in [7, 11) is 1.69. The maximum absolute atomic E-state index is 5.62. The Kier molecular flexibility index (Phi) is 5.93. The topological polar surface area (TPSA) is 47.0 Å². The minimum atomic E-state index is -0.246. The zero-order chi connectivity index (χ0) is 15.2. The predicted molar refractivity (Wildman–Crippen MR) is 93.6 cm³/mol. The summed E-state index contributed by atoms with van der Waals surface area (Å²) < 4.78 is 6.68. The summed E-state index contributed by atoms with van der Waals surface area (Å²) in [6.07, 6.45) is 0.810. The van der Waals surface area contributed by atoms with E-state index in [0.29, 0.717) is 5.82 Å². The van der Waals surface area contributed by atoms with Crippen molar-refractivity contribution in [2.45, 2.75) is 26.4 Å². The zero-order valence-electron chi connectivity index (χ0n) is 12.6. The van der Waals surface area contributed by atoms with Gasteiger partial charge in [-0.05, 0) is 41.5 Å². The molecule has 21 heavy (non-hydrogen) atoms. The van der Waals surface area contributed by atoms with E-state index in [1.807, 2.05) is 37.3 Å². The quantitative estimate of drug-likeness (QED) is 0.750. The van der Waals surface area contributed by atoms with E-state index >= 15 is 0 Å². The summed E-state index contributed by atoms with van der Waals surface area (Å²) in [6, 6.07) is 10.0. The van der Waals surface area contributed by atoms with Crippen molar-refractivity contribution in [3.63, 3.8) is 0 Å². The molecule has 0 aliphatic carbocycles. The number of aryl methyl sites for hydroxylation is 1. The molecule has 1 heterocycles. The number of halogens is 1. The van der Waals surface area contributed by atoms with Crippen molar-refractivity contribution in [3.8, 4) is 0 Å². The normalized spacial score (nSPS) is 12.2. The smallest absolute Gasteiger partial charge is 0.164 e. The van der Waals surface area contributed by atoms with E-state index in [-0.39, 0.29) is 6.10 Å². The first-order valence-corrected chi connectivity index (χ1v) is 8.10. The predicted octanol–water partition coefficient (Wildman–Crippen LogP) is 3.95. The molecule has 1 aromatic carbocycles. The molecular weight excluding hydrogens is 377 g/mol. The summed E-state index contributed by atoms with van der Waals surface area (Å²) in [5.41, 5.74) is 2.03. The van der Waals surface area contributed by atoms with Gasteiger partial charge in [-0.25, -0.2) is 9.97 Å². The Morgan fingerprint density at radius 2 is 1.95 bits per heavy atom. The van der Waals surface area contributed by atoms with E-state index in [1.54, 1.807) is 7.11 Å². The number of hydrogen-bond donors (Lipinski definition) is 1. The molecule has 0 spiro atoms. The molecule has 2 aromatic rings. The second-order valence-corrected chi connectivity index (χ2v) is 5.86. The number of ether oxygens (including phenoxy) is 1. The summed E-state index contributed by atoms with van der Waals surface area (Å²) in [5.74, 6) is 1.58. The van der Waals surface area contributed by atoms with Gasteiger partial charge in [-0.2, -0.15) is 0 Å². The van der Waals surface area contributed by atoms with E-state index in [9.17, 15) is 0 Å². The van der Waals surface area contributed by atoms with Gasteiger partial charge in [-0.1, -0.05) is 37.3 Å². The van der Waals surface area contributed by atoms with Crippen molar-refractivity contribution in [2.75, 3.05) is 19.0 Å². The first-order valence-electron chi connectivity index (χ1n) is 7.03. The van der Waals surface area contributed by atoms with E-state index in [1.165, 1.54) is 0 Å². The summed E-state index contributed by atoms with van der Waals surface area (Å²) >= 11 is 2.28. The van der Waals surface area contributed by atoms with E-state index in [2.05, 4.69) is 44.8 Å². The minimum Gasteiger partial charge on any atom is -0.369 e. The lowest BCUT2D eigenvalue weighted by Gasteiger charge is -2.17. The van der Waals surface area contributed by atoms with Crippen molar-refractivity contribution < 1.29 is 4.74 Å². The molecule has 0 aliphatic heterocycles. The van der Waals surface area contributed by atoms with Crippen LogP contribution in [-0.2, 0) is 4.74 Å². The van der Waals surface area contributed by atoms with Gasteiger partial charge in [0.05, 0.1) is 9.26 Å². The Labute approximate surface area is 139 Å². The fourth-order valence-corrected chi connectivity index (χ4v) is 2.51. The van der Waals surface area contributed by atoms with Crippen molar-refractivity contribution >= 4 is 28.4 Å². The average molecular weight is 397 g/mol. The van der Waals surface area contributed by atoms with E-state index in [4.69, 9.17) is 4.74 Å². The van der Waals surface area contributed by atoms with Crippen molar-refractivity contribution in [1.29, 1.82) is 0 Å². The Bertz CT molecular complexity index is 590. The van der Waals surface area contributed by atoms with Crippen LogP contribution in [0.2, 0.25) is 0 Å². The maximum atomic E-state index is 5.62. The summed E-state index contributed by atoms with van der Waals surface area (Å²) in [5, 5.41) is 3.36. The number of rotatable bonds is 6. The highest BCUT2D eigenvalue weighted by atomic mass is 127. The average Bonchev–Trinajstić information content (AvgIpc) is 2.51. The monoisotopic (exact) mass is 397 g/mol. The third kappa shape index (κ3) is 3.91. The van der Waals surface area contributed by atoms with Crippen molar-refractivity contribution in [1.82, 2.24) is 9.97 Å². The molecule has 0 aliphatic rings. The third-order valence-electron chi connectivity index (χ3n) is 3.15. The van der Waals surface area contributed by atoms with Crippen LogP contribution >= 0.6 is 22.6 Å². The molecule has 1 atom stereocenters. The molecule has 4 nitrogen and oxygen atoms in total. The van der Waals surface area contributed by atoms with Crippen molar-refractivity contribution in [2.24, 2.45) is 0 Å². The molecule has 0 radical (unpaired) electrons. The molecule has 0 amide bonds. The summed E-state index contributed by atoms with van der Waals surface area (Å²) in [4.78, 5) is 9.27. The van der Waals surface area contributed by atoms with Crippen molar-refractivity contribution in [3.05, 3.63) is 51.0 Å². The molecule has 0 saturated heterocycles. The molecule has 1 unspecified atom stereocenters. The highest BCUT2D eigenvalue weighted by molar-refractivity contribution is 14.1. The van der Waals surface area contributed by atoms with Crippen LogP contribution in [0.25, 0.3) is 0 Å². The highest BCUT2D eigenvalue weighted by Crippen LogP contribution is 2.26. The third-order valence-corrected chi connectivity index (χ3v) is 4.44. The number of aromatic nitrogens is 2. The molecule has 1 aromatic heterocycles. The van der Waals surface area contributed by atoms with E-state index < -0.39 is 0 Å². The SMILES string of the molecule is CCCNc1nc(C(OC)c2ccccc2)nc(C)c1I. The fraction of sp³-hybridized carbons (Fsp3) is 0.375. The van der Waals surface area contributed by atoms with Crippen LogP contribution in [0.3, 0.4) is 0 Å². The van der Waals surface area contributed by atoms with Gasteiger partial charge in [-0.15, -0.1) is 0 Å². The number of nitrogens with zero attached hydrogens (tertiary/aromatic N) is 2. The van der Waals surface area contributed by atoms with Gasteiger partial charge in [0.1, 0.15) is 11.9 Å². The molecule has 5 heteroatoms.